The number of aromatic nitrogens is 2. The highest BCUT2D eigenvalue weighted by molar-refractivity contribution is 7.19. The van der Waals surface area contributed by atoms with Crippen molar-refractivity contribution in [1.82, 2.24) is 15.3 Å². The van der Waals surface area contributed by atoms with Crippen LogP contribution in [0.3, 0.4) is 0 Å². The monoisotopic (exact) mass is 303 g/mol. The number of anilines is 2. The second-order valence-corrected chi connectivity index (χ2v) is 7.12. The first-order valence-corrected chi connectivity index (χ1v) is 8.58. The van der Waals surface area contributed by atoms with Gasteiger partial charge in [-0.15, -0.1) is 11.3 Å². The minimum absolute atomic E-state index is 0.414. The fourth-order valence-corrected chi connectivity index (χ4v) is 4.87. The van der Waals surface area contributed by atoms with Crippen LogP contribution in [0.1, 0.15) is 29.7 Å². The van der Waals surface area contributed by atoms with Crippen molar-refractivity contribution in [3.05, 3.63) is 10.4 Å². The molecular formula is C15H21N5S. The Balaban J connectivity index is 1.83. The molecule has 1 fully saturated rings. The number of hydrogen-bond acceptors (Lipinski definition) is 6. The molecule has 6 heteroatoms. The van der Waals surface area contributed by atoms with Gasteiger partial charge in [0.15, 0.2) is 5.82 Å². The van der Waals surface area contributed by atoms with E-state index in [2.05, 4.69) is 20.2 Å². The molecule has 0 spiro atoms. The number of nitrogen functional groups attached to an aromatic ring is 1. The average Bonchev–Trinajstić information content (AvgIpc) is 3.11. The van der Waals surface area contributed by atoms with Crippen molar-refractivity contribution in [2.45, 2.75) is 38.1 Å². The Morgan fingerprint density at radius 3 is 2.95 bits per heavy atom. The number of thiophene rings is 1. The molecule has 0 amide bonds. The van der Waals surface area contributed by atoms with Gasteiger partial charge in [0.2, 0.25) is 5.95 Å². The number of nitrogens with one attached hydrogen (secondary N) is 1. The van der Waals surface area contributed by atoms with Crippen LogP contribution >= 0.6 is 11.3 Å². The van der Waals surface area contributed by atoms with Gasteiger partial charge >= 0.3 is 0 Å². The summed E-state index contributed by atoms with van der Waals surface area (Å²) in [5.74, 6) is 1.46. The number of hydrogen-bond donors (Lipinski definition) is 2. The predicted molar refractivity (Wildman–Crippen MR) is 88.1 cm³/mol. The molecule has 2 aliphatic rings. The maximum Gasteiger partial charge on any atom is 0.222 e. The van der Waals surface area contributed by atoms with Crippen LogP contribution in [0, 0.1) is 0 Å². The average molecular weight is 303 g/mol. The van der Waals surface area contributed by atoms with Crippen LogP contribution in [0.5, 0.6) is 0 Å². The fraction of sp³-hybridized carbons (Fsp3) is 0.600. The van der Waals surface area contributed by atoms with E-state index in [1.54, 1.807) is 0 Å². The van der Waals surface area contributed by atoms with Gasteiger partial charge in [0.1, 0.15) is 0 Å². The first kappa shape index (κ1) is 13.3. The van der Waals surface area contributed by atoms with Crippen molar-refractivity contribution >= 4 is 33.3 Å². The molecule has 1 aliphatic heterocycles. The van der Waals surface area contributed by atoms with Gasteiger partial charge in [-0.3, -0.25) is 0 Å². The van der Waals surface area contributed by atoms with Gasteiger partial charge in [-0.1, -0.05) is 0 Å². The molecule has 3 N–H and O–H groups in total. The van der Waals surface area contributed by atoms with Gasteiger partial charge in [0.25, 0.3) is 0 Å². The minimum Gasteiger partial charge on any atom is -0.368 e. The summed E-state index contributed by atoms with van der Waals surface area (Å²) < 4.78 is 1.24. The highest BCUT2D eigenvalue weighted by Gasteiger charge is 2.27. The van der Waals surface area contributed by atoms with Crippen LogP contribution in [0.4, 0.5) is 11.8 Å². The lowest BCUT2D eigenvalue weighted by Gasteiger charge is -2.18. The zero-order chi connectivity index (χ0) is 14.4. The number of nitrogens with two attached hydrogens (primary N) is 1. The first-order valence-electron chi connectivity index (χ1n) is 7.76. The Kier molecular flexibility index (Phi) is 3.23. The summed E-state index contributed by atoms with van der Waals surface area (Å²) in [5, 5.41) is 3.36. The zero-order valence-corrected chi connectivity index (χ0v) is 13.2. The van der Waals surface area contributed by atoms with E-state index >= 15 is 0 Å². The molecule has 1 atom stereocenters. The Hall–Kier alpha value is -1.40. The Morgan fingerprint density at radius 2 is 2.14 bits per heavy atom. The van der Waals surface area contributed by atoms with Gasteiger partial charge in [0, 0.05) is 24.0 Å². The molecule has 0 aromatic carbocycles. The number of rotatable bonds is 2. The van der Waals surface area contributed by atoms with Crippen LogP contribution in [0.15, 0.2) is 0 Å². The van der Waals surface area contributed by atoms with Gasteiger partial charge in [-0.25, -0.2) is 4.98 Å². The van der Waals surface area contributed by atoms with Gasteiger partial charge in [-0.05, 0) is 44.7 Å². The van der Waals surface area contributed by atoms with Crippen LogP contribution < -0.4 is 16.0 Å². The fourth-order valence-electron chi connectivity index (χ4n) is 3.52. The number of nitrogens with zero attached hydrogens (tertiary/aromatic N) is 3. The van der Waals surface area contributed by atoms with Crippen LogP contribution in [-0.2, 0) is 12.8 Å². The summed E-state index contributed by atoms with van der Waals surface area (Å²) in [6.07, 6.45) is 6.05. The molecular weight excluding hydrogens is 282 g/mol. The zero-order valence-electron chi connectivity index (χ0n) is 12.4. The summed E-state index contributed by atoms with van der Waals surface area (Å²) >= 11 is 1.89. The van der Waals surface area contributed by atoms with Crippen molar-refractivity contribution < 1.29 is 0 Å². The lowest BCUT2D eigenvalue weighted by molar-refractivity contribution is 0.616. The van der Waals surface area contributed by atoms with Gasteiger partial charge in [-0.2, -0.15) is 4.98 Å². The molecule has 0 bridgehead atoms. The molecule has 4 rings (SSSR count). The standard InChI is InChI=1S/C15H21N5S/c1-17-9-6-7-20(8-9)14-13-12(18-15(16)19-14)10-4-2-3-5-11(10)21-13/h9,17H,2-8H2,1H3,(H2,16,18,19)/t9-/m1/s1. The summed E-state index contributed by atoms with van der Waals surface area (Å²) in [6.45, 7) is 2.05. The van der Waals surface area contributed by atoms with E-state index in [0.717, 1.165) is 37.3 Å². The maximum absolute atomic E-state index is 5.99. The molecule has 2 aromatic heterocycles. The Bertz CT molecular complexity index is 680. The number of fused-ring (bicyclic) bond motifs is 3. The SMILES string of the molecule is CN[C@@H]1CCN(c2nc(N)nc3c4c(sc23)CCCC4)C1. The third-order valence-electron chi connectivity index (χ3n) is 4.69. The number of likely N-dealkylation sites (N-methyl/N-ethyl adjacent to an activating group) is 1. The van der Waals surface area contributed by atoms with Crippen LogP contribution in [-0.4, -0.2) is 36.1 Å². The third kappa shape index (κ3) is 2.17. The first-order chi connectivity index (χ1) is 10.3. The molecule has 0 unspecified atom stereocenters. The molecule has 0 saturated carbocycles. The van der Waals surface area contributed by atoms with E-state index in [1.165, 1.54) is 34.4 Å². The van der Waals surface area contributed by atoms with Crippen molar-refractivity contribution in [2.24, 2.45) is 0 Å². The Morgan fingerprint density at radius 1 is 1.29 bits per heavy atom. The van der Waals surface area contributed by atoms with E-state index in [4.69, 9.17) is 5.73 Å². The van der Waals surface area contributed by atoms with E-state index in [9.17, 15) is 0 Å². The summed E-state index contributed by atoms with van der Waals surface area (Å²) in [4.78, 5) is 13.0. The van der Waals surface area contributed by atoms with Gasteiger partial charge in [0.05, 0.1) is 10.2 Å². The predicted octanol–water partition coefficient (Wildman–Crippen LogP) is 1.95. The van der Waals surface area contributed by atoms with Crippen LogP contribution in [0.25, 0.3) is 10.2 Å². The molecule has 1 aliphatic carbocycles. The molecule has 21 heavy (non-hydrogen) atoms. The van der Waals surface area contributed by atoms with E-state index in [1.807, 2.05) is 18.4 Å². The van der Waals surface area contributed by atoms with E-state index in [0.29, 0.717) is 12.0 Å². The van der Waals surface area contributed by atoms with Crippen molar-refractivity contribution in [2.75, 3.05) is 30.8 Å². The largest absolute Gasteiger partial charge is 0.368 e. The highest BCUT2D eigenvalue weighted by atomic mass is 32.1. The lowest BCUT2D eigenvalue weighted by Crippen LogP contribution is -2.30. The molecule has 5 nitrogen and oxygen atoms in total. The third-order valence-corrected chi connectivity index (χ3v) is 5.97. The van der Waals surface area contributed by atoms with Crippen molar-refractivity contribution in [1.29, 1.82) is 0 Å². The van der Waals surface area contributed by atoms with Gasteiger partial charge < -0.3 is 16.0 Å². The summed E-state index contributed by atoms with van der Waals surface area (Å²) in [6, 6.07) is 0.547. The molecule has 0 radical (unpaired) electrons. The molecule has 1 saturated heterocycles. The molecule has 3 heterocycles. The number of aryl methyl sites for hydroxylation is 2. The van der Waals surface area contributed by atoms with Crippen molar-refractivity contribution in [3.8, 4) is 0 Å². The van der Waals surface area contributed by atoms with E-state index < -0.39 is 0 Å². The minimum atomic E-state index is 0.414. The highest BCUT2D eigenvalue weighted by Crippen LogP contribution is 2.40. The van der Waals surface area contributed by atoms with E-state index in [-0.39, 0.29) is 0 Å². The topological polar surface area (TPSA) is 67.1 Å². The maximum atomic E-state index is 5.99. The summed E-state index contributed by atoms with van der Waals surface area (Å²) in [5.41, 5.74) is 8.54. The summed E-state index contributed by atoms with van der Waals surface area (Å²) in [7, 11) is 2.03. The molecule has 112 valence electrons. The normalized spacial score (nSPS) is 22.0. The lowest BCUT2D eigenvalue weighted by atomic mass is 9.98. The Labute approximate surface area is 128 Å². The second-order valence-electron chi connectivity index (χ2n) is 6.01. The smallest absolute Gasteiger partial charge is 0.222 e. The molecule has 2 aromatic rings. The quantitative estimate of drug-likeness (QED) is 0.887. The van der Waals surface area contributed by atoms with Crippen molar-refractivity contribution in [3.63, 3.8) is 0 Å². The second kappa shape index (κ2) is 5.10. The van der Waals surface area contributed by atoms with Crippen LogP contribution in [0.2, 0.25) is 0 Å².